The molecule has 0 saturated carbocycles. The van der Waals surface area contributed by atoms with Gasteiger partial charge in [0.25, 0.3) is 0 Å². The van der Waals surface area contributed by atoms with Crippen molar-refractivity contribution in [3.05, 3.63) is 40.9 Å². The van der Waals surface area contributed by atoms with E-state index >= 15 is 0 Å². The zero-order valence-electron chi connectivity index (χ0n) is 11.0. The number of nitrogens with one attached hydrogen (secondary N) is 2. The minimum atomic E-state index is 0.386. The van der Waals surface area contributed by atoms with Crippen molar-refractivity contribution in [3.63, 3.8) is 0 Å². The van der Waals surface area contributed by atoms with Crippen molar-refractivity contribution >= 4 is 40.4 Å². The van der Waals surface area contributed by atoms with Gasteiger partial charge >= 0.3 is 0 Å². The number of benzene rings is 1. The largest absolute Gasteiger partial charge is 0.480 e. The molecule has 1 aromatic carbocycles. The van der Waals surface area contributed by atoms with E-state index in [9.17, 15) is 0 Å². The number of para-hydroxylation sites is 1. The molecule has 0 spiro atoms. The topological polar surface area (TPSA) is 59.1 Å². The van der Waals surface area contributed by atoms with E-state index < -0.39 is 0 Å². The van der Waals surface area contributed by atoms with E-state index in [1.165, 1.54) is 0 Å². The van der Waals surface area contributed by atoms with Gasteiger partial charge in [-0.3, -0.25) is 0 Å². The highest BCUT2D eigenvalue weighted by Gasteiger charge is 2.06. The summed E-state index contributed by atoms with van der Waals surface area (Å²) in [7, 11) is 1.55. The number of aryl methyl sites for hydroxylation is 1. The minimum absolute atomic E-state index is 0.386. The highest BCUT2D eigenvalue weighted by atomic mass is 35.5. The average molecular weight is 309 g/mol. The van der Waals surface area contributed by atoms with Crippen LogP contribution in [-0.4, -0.2) is 22.4 Å². The molecule has 0 saturated heterocycles. The molecule has 0 aliphatic carbocycles. The van der Waals surface area contributed by atoms with E-state index in [1.54, 1.807) is 19.2 Å². The summed E-state index contributed by atoms with van der Waals surface area (Å²) in [5.74, 6) is 1.02. The predicted octanol–water partition coefficient (Wildman–Crippen LogP) is 3.26. The number of hydrogen-bond acceptors (Lipinski definition) is 4. The van der Waals surface area contributed by atoms with Crippen molar-refractivity contribution in [1.29, 1.82) is 0 Å². The van der Waals surface area contributed by atoms with Crippen LogP contribution in [-0.2, 0) is 0 Å². The van der Waals surface area contributed by atoms with E-state index in [1.807, 2.05) is 25.1 Å². The maximum atomic E-state index is 6.04. The van der Waals surface area contributed by atoms with Crippen molar-refractivity contribution in [2.75, 3.05) is 17.7 Å². The number of anilines is 2. The summed E-state index contributed by atoms with van der Waals surface area (Å²) in [4.78, 5) is 0. The van der Waals surface area contributed by atoms with Gasteiger partial charge in [0.2, 0.25) is 5.88 Å². The minimum Gasteiger partial charge on any atom is -0.480 e. The van der Waals surface area contributed by atoms with Crippen molar-refractivity contribution in [1.82, 2.24) is 10.2 Å². The average Bonchev–Trinajstić information content (AvgIpc) is 2.41. The van der Waals surface area contributed by atoms with Crippen molar-refractivity contribution in [2.24, 2.45) is 0 Å². The Hall–Kier alpha value is -1.92. The molecule has 0 aliphatic rings. The second kappa shape index (κ2) is 6.49. The van der Waals surface area contributed by atoms with Crippen LogP contribution < -0.4 is 15.4 Å². The molecule has 1 heterocycles. The normalized spacial score (nSPS) is 9.95. The molecular weight excluding hydrogens is 296 g/mol. The number of hydrogen-bond donors (Lipinski definition) is 2. The first-order valence-electron chi connectivity index (χ1n) is 5.81. The highest BCUT2D eigenvalue weighted by molar-refractivity contribution is 7.80. The smallest absolute Gasteiger partial charge is 0.236 e. The van der Waals surface area contributed by atoms with Crippen molar-refractivity contribution < 1.29 is 4.74 Å². The molecule has 0 atom stereocenters. The number of nitrogens with zero attached hydrogens (tertiary/aromatic N) is 2. The van der Waals surface area contributed by atoms with Gasteiger partial charge in [0.05, 0.1) is 17.8 Å². The Bertz CT molecular complexity index is 636. The quantitative estimate of drug-likeness (QED) is 0.849. The van der Waals surface area contributed by atoms with Crippen LogP contribution in [0.1, 0.15) is 5.56 Å². The summed E-state index contributed by atoms with van der Waals surface area (Å²) < 4.78 is 5.05. The fourth-order valence-electron chi connectivity index (χ4n) is 1.57. The first-order chi connectivity index (χ1) is 9.60. The monoisotopic (exact) mass is 308 g/mol. The van der Waals surface area contributed by atoms with Gasteiger partial charge in [-0.2, -0.15) is 0 Å². The molecule has 104 valence electrons. The van der Waals surface area contributed by atoms with Gasteiger partial charge < -0.3 is 15.4 Å². The lowest BCUT2D eigenvalue weighted by molar-refractivity contribution is 0.389. The molecule has 0 amide bonds. The molecular formula is C13H13ClN4OS. The lowest BCUT2D eigenvalue weighted by Crippen LogP contribution is -2.20. The van der Waals surface area contributed by atoms with Gasteiger partial charge in [0.15, 0.2) is 10.9 Å². The van der Waals surface area contributed by atoms with Crippen LogP contribution in [0.3, 0.4) is 0 Å². The molecule has 2 rings (SSSR count). The number of aromatic nitrogens is 2. The predicted molar refractivity (Wildman–Crippen MR) is 84.6 cm³/mol. The van der Waals surface area contributed by atoms with Crippen LogP contribution in [0.5, 0.6) is 5.88 Å². The van der Waals surface area contributed by atoms with Gasteiger partial charge in [0, 0.05) is 5.56 Å². The maximum Gasteiger partial charge on any atom is 0.236 e. The summed E-state index contributed by atoms with van der Waals surface area (Å²) in [6.07, 6.45) is 0. The second-order valence-electron chi connectivity index (χ2n) is 3.98. The molecule has 0 aliphatic heterocycles. The lowest BCUT2D eigenvalue weighted by Gasteiger charge is -2.11. The molecule has 2 aromatic rings. The maximum absolute atomic E-state index is 6.04. The Morgan fingerprint density at radius 2 is 2.00 bits per heavy atom. The van der Waals surface area contributed by atoms with Crippen LogP contribution in [0.4, 0.5) is 11.5 Å². The first-order valence-corrected chi connectivity index (χ1v) is 6.59. The van der Waals surface area contributed by atoms with Crippen LogP contribution in [0.2, 0.25) is 5.02 Å². The summed E-state index contributed by atoms with van der Waals surface area (Å²) in [5.41, 5.74) is 1.59. The SMILES string of the molecule is COc1nnc(NC(=S)Nc2ccccc2Cl)cc1C. The molecule has 0 unspecified atom stereocenters. The van der Waals surface area contributed by atoms with E-state index in [0.717, 1.165) is 11.3 Å². The lowest BCUT2D eigenvalue weighted by atomic mass is 10.3. The Morgan fingerprint density at radius 3 is 2.65 bits per heavy atom. The van der Waals surface area contributed by atoms with Gasteiger partial charge in [-0.1, -0.05) is 23.7 Å². The fraction of sp³-hybridized carbons (Fsp3) is 0.154. The summed E-state index contributed by atoms with van der Waals surface area (Å²) in [5, 5.41) is 14.8. The molecule has 1 aromatic heterocycles. The van der Waals surface area contributed by atoms with Crippen molar-refractivity contribution in [3.8, 4) is 5.88 Å². The molecule has 5 nitrogen and oxygen atoms in total. The summed E-state index contributed by atoms with van der Waals surface area (Å²) in [6, 6.07) is 9.13. The molecule has 20 heavy (non-hydrogen) atoms. The number of rotatable bonds is 3. The second-order valence-corrected chi connectivity index (χ2v) is 4.80. The Balaban J connectivity index is 2.05. The Morgan fingerprint density at radius 1 is 1.25 bits per heavy atom. The first kappa shape index (κ1) is 14.5. The van der Waals surface area contributed by atoms with E-state index in [-0.39, 0.29) is 0 Å². The fourth-order valence-corrected chi connectivity index (χ4v) is 1.97. The number of ether oxygens (including phenoxy) is 1. The van der Waals surface area contributed by atoms with Crippen molar-refractivity contribution in [2.45, 2.75) is 6.92 Å². The number of methoxy groups -OCH3 is 1. The van der Waals surface area contributed by atoms with Gasteiger partial charge in [0.1, 0.15) is 0 Å². The van der Waals surface area contributed by atoms with Gasteiger partial charge in [-0.05, 0) is 37.3 Å². The standard InChI is InChI=1S/C13H13ClN4OS/c1-8-7-11(17-18-12(8)19-2)16-13(20)15-10-6-4-3-5-9(10)14/h3-7H,1-2H3,(H2,15,16,17,20). The Labute approximate surface area is 127 Å². The molecule has 0 bridgehead atoms. The summed E-state index contributed by atoms with van der Waals surface area (Å²) in [6.45, 7) is 1.88. The molecule has 7 heteroatoms. The molecule has 0 fully saturated rings. The van der Waals surface area contributed by atoms with E-state index in [0.29, 0.717) is 21.8 Å². The van der Waals surface area contributed by atoms with Crippen LogP contribution in [0, 0.1) is 6.92 Å². The zero-order valence-corrected chi connectivity index (χ0v) is 12.5. The van der Waals surface area contributed by atoms with E-state index in [4.69, 9.17) is 28.6 Å². The Kier molecular flexibility index (Phi) is 4.70. The highest BCUT2D eigenvalue weighted by Crippen LogP contribution is 2.21. The zero-order chi connectivity index (χ0) is 14.5. The number of halogens is 1. The van der Waals surface area contributed by atoms with Crippen LogP contribution in [0.15, 0.2) is 30.3 Å². The molecule has 0 radical (unpaired) electrons. The number of thiocarbonyl (C=S) groups is 1. The van der Waals surface area contributed by atoms with Crippen LogP contribution >= 0.6 is 23.8 Å². The van der Waals surface area contributed by atoms with E-state index in [2.05, 4.69) is 20.8 Å². The molecule has 2 N–H and O–H groups in total. The van der Waals surface area contributed by atoms with Gasteiger partial charge in [-0.15, -0.1) is 10.2 Å². The third kappa shape index (κ3) is 3.55. The van der Waals surface area contributed by atoms with Crippen LogP contribution in [0.25, 0.3) is 0 Å². The third-order valence-corrected chi connectivity index (χ3v) is 3.03. The third-order valence-electron chi connectivity index (χ3n) is 2.50. The summed E-state index contributed by atoms with van der Waals surface area (Å²) >= 11 is 11.2. The van der Waals surface area contributed by atoms with Gasteiger partial charge in [-0.25, -0.2) is 0 Å².